The van der Waals surface area contributed by atoms with Crippen LogP contribution in [0.15, 0.2) is 0 Å². The third-order valence-corrected chi connectivity index (χ3v) is 2.26. The van der Waals surface area contributed by atoms with Crippen molar-refractivity contribution in [2.24, 2.45) is 0 Å². The molecule has 0 saturated carbocycles. The molecule has 1 rings (SSSR count). The van der Waals surface area contributed by atoms with Gasteiger partial charge in [-0.25, -0.2) is 0 Å². The Morgan fingerprint density at radius 2 is 2.07 bits per heavy atom. The van der Waals surface area contributed by atoms with Crippen molar-refractivity contribution < 1.29 is 14.3 Å². The van der Waals surface area contributed by atoms with Gasteiger partial charge >= 0.3 is 5.97 Å². The summed E-state index contributed by atoms with van der Waals surface area (Å²) in [6.45, 7) is 4.64. The molecule has 0 aromatic carbocycles. The minimum absolute atomic E-state index is 0. The summed E-state index contributed by atoms with van der Waals surface area (Å²) in [5.41, 5.74) is 0. The lowest BCUT2D eigenvalue weighted by Crippen LogP contribution is -2.38. The first-order chi connectivity index (χ1) is 6.83. The molecule has 1 aliphatic rings. The van der Waals surface area contributed by atoms with Crippen molar-refractivity contribution in [1.82, 2.24) is 4.90 Å². The van der Waals surface area contributed by atoms with Crippen LogP contribution in [-0.4, -0.2) is 56.2 Å². The molecule has 0 bridgehead atoms. The molecule has 1 saturated heterocycles. The maximum atomic E-state index is 10.9. The minimum Gasteiger partial charge on any atom is -0.464 e. The summed E-state index contributed by atoms with van der Waals surface area (Å²) in [5.74, 6) is 0.115. The van der Waals surface area contributed by atoms with E-state index in [1.54, 1.807) is 0 Å². The predicted molar refractivity (Wildman–Crippen MR) is 63.9 cm³/mol. The van der Waals surface area contributed by atoms with Gasteiger partial charge in [0, 0.05) is 25.5 Å². The molecule has 0 N–H and O–H groups in total. The summed E-state index contributed by atoms with van der Waals surface area (Å²) >= 11 is 5.40. The van der Waals surface area contributed by atoms with Crippen molar-refractivity contribution in [1.29, 1.82) is 0 Å². The van der Waals surface area contributed by atoms with Crippen molar-refractivity contribution in [2.45, 2.75) is 6.42 Å². The van der Waals surface area contributed by atoms with Gasteiger partial charge in [0.2, 0.25) is 0 Å². The quantitative estimate of drug-likeness (QED) is 0.562. The molecule has 90 valence electrons. The van der Waals surface area contributed by atoms with Crippen molar-refractivity contribution in [3.8, 4) is 0 Å². The summed E-state index contributed by atoms with van der Waals surface area (Å²) in [5, 5.41) is 0. The summed E-state index contributed by atoms with van der Waals surface area (Å²) in [4.78, 5) is 13.2. The molecule has 4 nitrogen and oxygen atoms in total. The van der Waals surface area contributed by atoms with Crippen LogP contribution >= 0.6 is 28.6 Å². The summed E-state index contributed by atoms with van der Waals surface area (Å²) in [7, 11) is 0. The first-order valence-corrected chi connectivity index (χ1v) is 5.38. The molecule has 0 aromatic heterocycles. The zero-order chi connectivity index (χ0) is 10.2. The van der Waals surface area contributed by atoms with Gasteiger partial charge in [-0.05, 0) is 0 Å². The molecular formula is C9H17BrClNO3. The standard InChI is InChI=1S/C9H16ClNO3.BrH/c10-2-1-9(12)14-8-5-11-3-6-13-7-4-11;/h1-8H2;1H. The third kappa shape index (κ3) is 7.11. The second-order valence-electron chi connectivity index (χ2n) is 3.11. The maximum Gasteiger partial charge on any atom is 0.307 e. The van der Waals surface area contributed by atoms with Crippen LogP contribution in [0.25, 0.3) is 0 Å². The van der Waals surface area contributed by atoms with Crippen LogP contribution in [-0.2, 0) is 14.3 Å². The van der Waals surface area contributed by atoms with Crippen LogP contribution < -0.4 is 0 Å². The lowest BCUT2D eigenvalue weighted by atomic mass is 10.4. The molecule has 1 heterocycles. The highest BCUT2D eigenvalue weighted by atomic mass is 79.9. The number of esters is 1. The van der Waals surface area contributed by atoms with Crippen molar-refractivity contribution >= 4 is 34.6 Å². The predicted octanol–water partition coefficient (Wildman–Crippen LogP) is 1.07. The molecule has 0 spiro atoms. The molecule has 6 heteroatoms. The van der Waals surface area contributed by atoms with Gasteiger partial charge in [0.05, 0.1) is 19.6 Å². The van der Waals surface area contributed by atoms with Gasteiger partial charge in [-0.3, -0.25) is 9.69 Å². The van der Waals surface area contributed by atoms with E-state index in [4.69, 9.17) is 21.1 Å². The molecule has 1 fully saturated rings. The number of carbonyl (C=O) groups excluding carboxylic acids is 1. The SMILES string of the molecule is Br.O=C(CCCl)OCCN1CCOCC1. The number of nitrogens with zero attached hydrogens (tertiary/aromatic N) is 1. The lowest BCUT2D eigenvalue weighted by molar-refractivity contribution is -0.143. The molecule has 1 aliphatic heterocycles. The minimum atomic E-state index is -0.215. The van der Waals surface area contributed by atoms with E-state index in [-0.39, 0.29) is 23.0 Å². The van der Waals surface area contributed by atoms with Gasteiger partial charge in [0.25, 0.3) is 0 Å². The molecule has 0 radical (unpaired) electrons. The van der Waals surface area contributed by atoms with Crippen LogP contribution in [0.2, 0.25) is 0 Å². The fourth-order valence-electron chi connectivity index (χ4n) is 1.26. The van der Waals surface area contributed by atoms with Crippen LogP contribution in [0.4, 0.5) is 0 Å². The van der Waals surface area contributed by atoms with E-state index in [1.807, 2.05) is 0 Å². The van der Waals surface area contributed by atoms with Crippen LogP contribution in [0, 0.1) is 0 Å². The van der Waals surface area contributed by atoms with Gasteiger partial charge in [-0.15, -0.1) is 28.6 Å². The number of carbonyl (C=O) groups is 1. The Kier molecular flexibility index (Phi) is 9.49. The Morgan fingerprint density at radius 1 is 1.40 bits per heavy atom. The van der Waals surface area contributed by atoms with E-state index >= 15 is 0 Å². The zero-order valence-electron chi connectivity index (χ0n) is 8.62. The smallest absolute Gasteiger partial charge is 0.307 e. The summed E-state index contributed by atoms with van der Waals surface area (Å²) < 4.78 is 10.2. The molecule has 15 heavy (non-hydrogen) atoms. The van der Waals surface area contributed by atoms with E-state index in [1.165, 1.54) is 0 Å². The third-order valence-electron chi connectivity index (χ3n) is 2.07. The first kappa shape index (κ1) is 15.2. The van der Waals surface area contributed by atoms with Gasteiger partial charge in [0.15, 0.2) is 0 Å². The van der Waals surface area contributed by atoms with Crippen LogP contribution in [0.1, 0.15) is 6.42 Å². The fourth-order valence-corrected chi connectivity index (χ4v) is 1.42. The van der Waals surface area contributed by atoms with Crippen molar-refractivity contribution in [2.75, 3.05) is 45.3 Å². The van der Waals surface area contributed by atoms with E-state index in [0.29, 0.717) is 18.9 Å². The zero-order valence-corrected chi connectivity index (χ0v) is 11.1. The number of rotatable bonds is 5. The van der Waals surface area contributed by atoms with E-state index in [9.17, 15) is 4.79 Å². The lowest BCUT2D eigenvalue weighted by Gasteiger charge is -2.26. The highest BCUT2D eigenvalue weighted by molar-refractivity contribution is 8.93. The Balaban J connectivity index is 0.00000196. The topological polar surface area (TPSA) is 38.8 Å². The van der Waals surface area contributed by atoms with Gasteiger partial charge in [-0.1, -0.05) is 0 Å². The largest absolute Gasteiger partial charge is 0.464 e. The van der Waals surface area contributed by atoms with Gasteiger partial charge < -0.3 is 9.47 Å². The average Bonchev–Trinajstić information content (AvgIpc) is 2.20. The Morgan fingerprint density at radius 3 is 2.67 bits per heavy atom. The summed E-state index contributed by atoms with van der Waals surface area (Å²) in [6, 6.07) is 0. The summed E-state index contributed by atoms with van der Waals surface area (Å²) in [6.07, 6.45) is 0.296. The molecular weight excluding hydrogens is 285 g/mol. The normalized spacial score (nSPS) is 16.9. The van der Waals surface area contributed by atoms with E-state index in [0.717, 1.165) is 32.8 Å². The molecule has 0 atom stereocenters. The fraction of sp³-hybridized carbons (Fsp3) is 0.889. The van der Waals surface area contributed by atoms with Crippen LogP contribution in [0.5, 0.6) is 0 Å². The van der Waals surface area contributed by atoms with Gasteiger partial charge in [0.1, 0.15) is 6.61 Å². The van der Waals surface area contributed by atoms with Gasteiger partial charge in [-0.2, -0.15) is 0 Å². The maximum absolute atomic E-state index is 10.9. The molecule has 0 unspecified atom stereocenters. The van der Waals surface area contributed by atoms with E-state index < -0.39 is 0 Å². The Hall–Kier alpha value is 0.160. The van der Waals surface area contributed by atoms with Crippen molar-refractivity contribution in [3.05, 3.63) is 0 Å². The number of halogens is 2. The first-order valence-electron chi connectivity index (χ1n) is 4.84. The molecule has 0 aliphatic carbocycles. The second kappa shape index (κ2) is 9.39. The number of hydrogen-bond acceptors (Lipinski definition) is 4. The monoisotopic (exact) mass is 301 g/mol. The van der Waals surface area contributed by atoms with E-state index in [2.05, 4.69) is 4.90 Å². The average molecular weight is 303 g/mol. The number of alkyl halides is 1. The highest BCUT2D eigenvalue weighted by Crippen LogP contribution is 1.96. The Labute approximate surface area is 106 Å². The Bertz CT molecular complexity index is 177. The van der Waals surface area contributed by atoms with Crippen molar-refractivity contribution in [3.63, 3.8) is 0 Å². The highest BCUT2D eigenvalue weighted by Gasteiger charge is 2.10. The number of morpholine rings is 1. The molecule has 0 amide bonds. The number of ether oxygens (including phenoxy) is 2. The second-order valence-corrected chi connectivity index (χ2v) is 3.49. The molecule has 0 aromatic rings. The van der Waals surface area contributed by atoms with Crippen LogP contribution in [0.3, 0.4) is 0 Å². The number of hydrogen-bond donors (Lipinski definition) is 0.